The minimum absolute atomic E-state index is 0.0495. The van der Waals surface area contributed by atoms with Gasteiger partial charge in [0, 0.05) is 5.70 Å². The van der Waals surface area contributed by atoms with Crippen LogP contribution in [-0.2, 0) is 20.9 Å². The van der Waals surface area contributed by atoms with Crippen molar-refractivity contribution in [2.24, 2.45) is 5.73 Å². The molecule has 1 aromatic carbocycles. The van der Waals surface area contributed by atoms with E-state index in [1.165, 1.54) is 13.3 Å². The summed E-state index contributed by atoms with van der Waals surface area (Å²) in [6, 6.07) is 8.38. The van der Waals surface area contributed by atoms with E-state index < -0.39 is 24.9 Å². The van der Waals surface area contributed by atoms with Crippen LogP contribution < -0.4 is 11.3 Å². The molecule has 1 aromatic heterocycles. The van der Waals surface area contributed by atoms with Gasteiger partial charge in [0.05, 0.1) is 17.2 Å². The van der Waals surface area contributed by atoms with E-state index in [-0.39, 0.29) is 16.8 Å². The van der Waals surface area contributed by atoms with Crippen molar-refractivity contribution in [2.45, 2.75) is 13.5 Å². The standard InChI is InChI=1S/C16H14N4O4/c1-10(18)12(6-17)14(21)8-24-15(22)7-20-9-19-13-5-3-2-4-11(13)16(20)23/h2-5,9H,7-8,18H2,1H3. The number of aromatic nitrogens is 2. The van der Waals surface area contributed by atoms with E-state index in [2.05, 4.69) is 4.98 Å². The predicted molar refractivity (Wildman–Crippen MR) is 84.5 cm³/mol. The van der Waals surface area contributed by atoms with Gasteiger partial charge < -0.3 is 10.5 Å². The number of Topliss-reactive ketones (excluding diaryl/α,β-unsaturated/α-hetero) is 1. The van der Waals surface area contributed by atoms with Crippen LogP contribution in [0.3, 0.4) is 0 Å². The van der Waals surface area contributed by atoms with Gasteiger partial charge in [-0.05, 0) is 19.1 Å². The fraction of sp³-hybridized carbons (Fsp3) is 0.188. The van der Waals surface area contributed by atoms with Crippen LogP contribution in [0, 0.1) is 11.3 Å². The van der Waals surface area contributed by atoms with Crippen LogP contribution in [0.1, 0.15) is 6.92 Å². The van der Waals surface area contributed by atoms with Crippen molar-refractivity contribution in [3.8, 4) is 6.07 Å². The molecule has 122 valence electrons. The summed E-state index contributed by atoms with van der Waals surface area (Å²) in [5.74, 6) is -1.50. The van der Waals surface area contributed by atoms with Crippen LogP contribution in [0.2, 0.25) is 0 Å². The molecule has 0 aliphatic heterocycles. The van der Waals surface area contributed by atoms with Crippen molar-refractivity contribution in [3.63, 3.8) is 0 Å². The Labute approximate surface area is 136 Å². The van der Waals surface area contributed by atoms with Gasteiger partial charge in [-0.25, -0.2) is 4.98 Å². The summed E-state index contributed by atoms with van der Waals surface area (Å²) in [7, 11) is 0. The molecule has 0 aliphatic rings. The lowest BCUT2D eigenvalue weighted by molar-refractivity contribution is -0.147. The highest BCUT2D eigenvalue weighted by molar-refractivity contribution is 6.01. The van der Waals surface area contributed by atoms with Crippen LogP contribution in [0.4, 0.5) is 0 Å². The number of hydrogen-bond donors (Lipinski definition) is 1. The summed E-state index contributed by atoms with van der Waals surface area (Å²) >= 11 is 0. The number of hydrogen-bond acceptors (Lipinski definition) is 7. The summed E-state index contributed by atoms with van der Waals surface area (Å²) < 4.78 is 5.88. The number of ether oxygens (including phenoxy) is 1. The molecule has 2 N–H and O–H groups in total. The first kappa shape index (κ1) is 16.9. The molecular formula is C16H14N4O4. The number of nitrogens with zero attached hydrogens (tertiary/aromatic N) is 3. The Morgan fingerprint density at radius 1 is 1.38 bits per heavy atom. The minimum Gasteiger partial charge on any atom is -0.456 e. The smallest absolute Gasteiger partial charge is 0.326 e. The maximum atomic E-state index is 12.2. The lowest BCUT2D eigenvalue weighted by Crippen LogP contribution is -2.27. The van der Waals surface area contributed by atoms with Gasteiger partial charge in [-0.1, -0.05) is 12.1 Å². The molecule has 0 atom stereocenters. The van der Waals surface area contributed by atoms with Crippen molar-refractivity contribution in [1.29, 1.82) is 5.26 Å². The number of ketones is 1. The SMILES string of the molecule is CC(N)=C(C#N)C(=O)COC(=O)Cn1cnc2ccccc2c1=O. The Morgan fingerprint density at radius 2 is 2.08 bits per heavy atom. The number of fused-ring (bicyclic) bond motifs is 1. The first-order chi connectivity index (χ1) is 11.4. The van der Waals surface area contributed by atoms with Crippen molar-refractivity contribution in [3.05, 3.63) is 52.2 Å². The maximum absolute atomic E-state index is 12.2. The second kappa shape index (κ2) is 7.19. The van der Waals surface area contributed by atoms with Crippen LogP contribution in [-0.4, -0.2) is 27.9 Å². The fourth-order valence-electron chi connectivity index (χ4n) is 1.99. The van der Waals surface area contributed by atoms with Gasteiger partial charge in [-0.15, -0.1) is 0 Å². The summed E-state index contributed by atoms with van der Waals surface area (Å²) in [5, 5.41) is 9.17. The number of carbonyl (C=O) groups is 2. The number of esters is 1. The summed E-state index contributed by atoms with van der Waals surface area (Å²) in [6.45, 7) is 0.391. The monoisotopic (exact) mass is 326 g/mol. The Kier molecular flexibility index (Phi) is 5.06. The van der Waals surface area contributed by atoms with Crippen LogP contribution in [0.25, 0.3) is 10.9 Å². The van der Waals surface area contributed by atoms with E-state index in [9.17, 15) is 14.4 Å². The zero-order valence-electron chi connectivity index (χ0n) is 12.9. The zero-order valence-corrected chi connectivity index (χ0v) is 12.9. The Morgan fingerprint density at radius 3 is 2.75 bits per heavy atom. The van der Waals surface area contributed by atoms with E-state index in [1.54, 1.807) is 30.3 Å². The number of rotatable bonds is 5. The second-order valence-corrected chi connectivity index (χ2v) is 4.95. The molecule has 0 amide bonds. The molecule has 1 heterocycles. The summed E-state index contributed by atoms with van der Waals surface area (Å²) in [6.07, 6.45) is 1.23. The van der Waals surface area contributed by atoms with Gasteiger partial charge in [-0.3, -0.25) is 19.0 Å². The van der Waals surface area contributed by atoms with Crippen molar-refractivity contribution < 1.29 is 14.3 Å². The molecule has 2 aromatic rings. The largest absolute Gasteiger partial charge is 0.456 e. The summed E-state index contributed by atoms with van der Waals surface area (Å²) in [4.78, 5) is 39.8. The van der Waals surface area contributed by atoms with Gasteiger partial charge in [0.25, 0.3) is 5.56 Å². The molecule has 8 heteroatoms. The van der Waals surface area contributed by atoms with Gasteiger partial charge in [-0.2, -0.15) is 5.26 Å². The average Bonchev–Trinajstić information content (AvgIpc) is 2.56. The molecule has 0 radical (unpaired) electrons. The number of benzene rings is 1. The highest BCUT2D eigenvalue weighted by Gasteiger charge is 2.15. The molecule has 0 saturated carbocycles. The highest BCUT2D eigenvalue weighted by atomic mass is 16.5. The first-order valence-electron chi connectivity index (χ1n) is 6.93. The maximum Gasteiger partial charge on any atom is 0.326 e. The summed E-state index contributed by atoms with van der Waals surface area (Å²) in [5.41, 5.74) is 5.31. The van der Waals surface area contributed by atoms with E-state index in [0.717, 1.165) is 4.57 Å². The van der Waals surface area contributed by atoms with Crippen LogP contribution in [0.15, 0.2) is 46.7 Å². The van der Waals surface area contributed by atoms with Gasteiger partial charge in [0.2, 0.25) is 5.78 Å². The zero-order chi connectivity index (χ0) is 17.7. The number of allylic oxidation sites excluding steroid dienone is 1. The van der Waals surface area contributed by atoms with Gasteiger partial charge >= 0.3 is 5.97 Å². The Balaban J connectivity index is 2.07. The molecule has 2 rings (SSSR count). The van der Waals surface area contributed by atoms with Crippen molar-refractivity contribution in [2.75, 3.05) is 6.61 Å². The Bertz CT molecular complexity index is 933. The molecule has 0 unspecified atom stereocenters. The molecular weight excluding hydrogens is 312 g/mol. The number of carbonyl (C=O) groups excluding carboxylic acids is 2. The third-order valence-electron chi connectivity index (χ3n) is 3.18. The van der Waals surface area contributed by atoms with E-state index in [1.807, 2.05) is 0 Å². The minimum atomic E-state index is -0.797. The number of para-hydroxylation sites is 1. The van der Waals surface area contributed by atoms with Crippen LogP contribution in [0.5, 0.6) is 0 Å². The first-order valence-corrected chi connectivity index (χ1v) is 6.93. The lowest BCUT2D eigenvalue weighted by Gasteiger charge is -2.07. The second-order valence-electron chi connectivity index (χ2n) is 4.95. The van der Waals surface area contributed by atoms with Crippen molar-refractivity contribution in [1.82, 2.24) is 9.55 Å². The van der Waals surface area contributed by atoms with Crippen LogP contribution >= 0.6 is 0 Å². The topological polar surface area (TPSA) is 128 Å². The molecule has 0 saturated heterocycles. The third kappa shape index (κ3) is 3.64. The van der Waals surface area contributed by atoms with Gasteiger partial charge in [0.1, 0.15) is 18.2 Å². The quantitative estimate of drug-likeness (QED) is 0.474. The van der Waals surface area contributed by atoms with Crippen molar-refractivity contribution >= 4 is 22.7 Å². The molecule has 8 nitrogen and oxygen atoms in total. The van der Waals surface area contributed by atoms with E-state index in [4.69, 9.17) is 15.7 Å². The fourth-order valence-corrected chi connectivity index (χ4v) is 1.99. The highest BCUT2D eigenvalue weighted by Crippen LogP contribution is 2.05. The van der Waals surface area contributed by atoms with E-state index in [0.29, 0.717) is 10.9 Å². The lowest BCUT2D eigenvalue weighted by atomic mass is 10.1. The Hall–Kier alpha value is -3.47. The normalized spacial score (nSPS) is 11.5. The third-order valence-corrected chi connectivity index (χ3v) is 3.18. The molecule has 0 aliphatic carbocycles. The molecule has 0 fully saturated rings. The number of nitrogens with two attached hydrogens (primary N) is 1. The average molecular weight is 326 g/mol. The molecule has 24 heavy (non-hydrogen) atoms. The number of nitriles is 1. The van der Waals surface area contributed by atoms with E-state index >= 15 is 0 Å². The molecule has 0 spiro atoms. The predicted octanol–water partition coefficient (Wildman–Crippen LogP) is 0.265. The molecule has 0 bridgehead atoms. The van der Waals surface area contributed by atoms with Gasteiger partial charge in [0.15, 0.2) is 6.61 Å².